The molecule has 102 valence electrons. The van der Waals surface area contributed by atoms with Gasteiger partial charge in [-0.2, -0.15) is 0 Å². The predicted octanol–water partition coefficient (Wildman–Crippen LogP) is 2.69. The third-order valence-corrected chi connectivity index (χ3v) is 4.54. The van der Waals surface area contributed by atoms with E-state index in [1.54, 1.807) is 11.3 Å². The van der Waals surface area contributed by atoms with Gasteiger partial charge in [0.1, 0.15) is 15.8 Å². The van der Waals surface area contributed by atoms with Crippen LogP contribution in [0.2, 0.25) is 5.15 Å². The van der Waals surface area contributed by atoms with Gasteiger partial charge in [-0.3, -0.25) is 4.90 Å². The molecular weight excluding hydrogens is 282 g/mol. The Bertz CT molecular complexity index is 599. The Hall–Kier alpha value is -0.750. The summed E-state index contributed by atoms with van der Waals surface area (Å²) >= 11 is 7.74. The summed E-state index contributed by atoms with van der Waals surface area (Å²) in [7, 11) is 0. The van der Waals surface area contributed by atoms with Crippen molar-refractivity contribution in [3.8, 4) is 0 Å². The molecule has 1 fully saturated rings. The topological polar surface area (TPSA) is 49.2 Å². The van der Waals surface area contributed by atoms with Gasteiger partial charge in [-0.05, 0) is 37.8 Å². The molecule has 1 aliphatic rings. The molecule has 19 heavy (non-hydrogen) atoms. The average Bonchev–Trinajstić information content (AvgIpc) is 2.76. The molecular formula is C13H16ClN3OS. The molecule has 3 heterocycles. The predicted molar refractivity (Wildman–Crippen MR) is 77.6 cm³/mol. The van der Waals surface area contributed by atoms with Crippen molar-refractivity contribution in [3.63, 3.8) is 0 Å². The number of halogens is 1. The number of hydrogen-bond donors (Lipinski definition) is 1. The fourth-order valence-corrected chi connectivity index (χ4v) is 3.68. The van der Waals surface area contributed by atoms with Gasteiger partial charge in [0.05, 0.1) is 12.1 Å². The van der Waals surface area contributed by atoms with Crippen molar-refractivity contribution in [1.29, 1.82) is 0 Å². The highest BCUT2D eigenvalue weighted by atomic mass is 35.5. The fraction of sp³-hybridized carbons (Fsp3) is 0.538. The second-order valence-corrected chi connectivity index (χ2v) is 6.63. The maximum absolute atomic E-state index is 10.1. The summed E-state index contributed by atoms with van der Waals surface area (Å²) in [5.41, 5.74) is -0.602. The number of aromatic nitrogens is 2. The Balaban J connectivity index is 1.81. The molecule has 1 aliphatic heterocycles. The van der Waals surface area contributed by atoms with Gasteiger partial charge in [-0.15, -0.1) is 11.3 Å². The Morgan fingerprint density at radius 1 is 1.53 bits per heavy atom. The molecule has 2 aromatic heterocycles. The van der Waals surface area contributed by atoms with E-state index in [-0.39, 0.29) is 0 Å². The van der Waals surface area contributed by atoms with Crippen molar-refractivity contribution >= 4 is 33.2 Å². The highest BCUT2D eigenvalue weighted by Crippen LogP contribution is 2.26. The van der Waals surface area contributed by atoms with Crippen molar-refractivity contribution in [1.82, 2.24) is 14.9 Å². The van der Waals surface area contributed by atoms with Crippen LogP contribution in [0.5, 0.6) is 0 Å². The average molecular weight is 298 g/mol. The SMILES string of the molecule is CC1(O)CCCN(Cc2nc(Cl)c3ccsc3n2)C1. The summed E-state index contributed by atoms with van der Waals surface area (Å²) in [6.45, 7) is 4.16. The van der Waals surface area contributed by atoms with E-state index in [9.17, 15) is 5.11 Å². The molecule has 0 bridgehead atoms. The summed E-state index contributed by atoms with van der Waals surface area (Å²) in [5.74, 6) is 0.734. The lowest BCUT2D eigenvalue weighted by atomic mass is 9.95. The zero-order valence-electron chi connectivity index (χ0n) is 10.8. The van der Waals surface area contributed by atoms with E-state index in [1.807, 2.05) is 18.4 Å². The number of rotatable bonds is 2. The first-order valence-electron chi connectivity index (χ1n) is 6.38. The highest BCUT2D eigenvalue weighted by molar-refractivity contribution is 7.16. The van der Waals surface area contributed by atoms with Crippen molar-refractivity contribution in [2.45, 2.75) is 31.9 Å². The van der Waals surface area contributed by atoms with Crippen LogP contribution in [0.15, 0.2) is 11.4 Å². The summed E-state index contributed by atoms with van der Waals surface area (Å²) < 4.78 is 0. The number of hydrogen-bond acceptors (Lipinski definition) is 5. The Kier molecular flexibility index (Phi) is 3.47. The first kappa shape index (κ1) is 13.2. The molecule has 2 aromatic rings. The molecule has 6 heteroatoms. The van der Waals surface area contributed by atoms with Gasteiger partial charge in [0.25, 0.3) is 0 Å². The van der Waals surface area contributed by atoms with Gasteiger partial charge in [0, 0.05) is 11.9 Å². The van der Waals surface area contributed by atoms with Crippen LogP contribution in [-0.4, -0.2) is 38.7 Å². The second-order valence-electron chi connectivity index (χ2n) is 5.38. The summed E-state index contributed by atoms with van der Waals surface area (Å²) in [4.78, 5) is 12.0. The minimum absolute atomic E-state index is 0.519. The quantitative estimate of drug-likeness (QED) is 0.866. The number of nitrogens with zero attached hydrogens (tertiary/aromatic N) is 3. The standard InChI is InChI=1S/C13H16ClN3OS/c1-13(18)4-2-5-17(8-13)7-10-15-11(14)9-3-6-19-12(9)16-10/h3,6,18H,2,4-5,7-8H2,1H3. The van der Waals surface area contributed by atoms with Crippen molar-refractivity contribution in [3.05, 3.63) is 22.4 Å². The largest absolute Gasteiger partial charge is 0.389 e. The molecule has 1 atom stereocenters. The molecule has 0 aliphatic carbocycles. The van der Waals surface area contributed by atoms with Gasteiger partial charge >= 0.3 is 0 Å². The summed E-state index contributed by atoms with van der Waals surface area (Å²) in [6, 6.07) is 1.94. The van der Waals surface area contributed by atoms with Crippen LogP contribution in [-0.2, 0) is 6.54 Å². The van der Waals surface area contributed by atoms with Gasteiger partial charge in [0.15, 0.2) is 0 Å². The van der Waals surface area contributed by atoms with Gasteiger partial charge in [-0.1, -0.05) is 11.6 Å². The first-order valence-corrected chi connectivity index (χ1v) is 7.64. The zero-order valence-corrected chi connectivity index (χ0v) is 12.3. The summed E-state index contributed by atoms with van der Waals surface area (Å²) in [5, 5.41) is 13.5. The van der Waals surface area contributed by atoms with Crippen molar-refractivity contribution < 1.29 is 5.11 Å². The molecule has 0 radical (unpaired) electrons. The van der Waals surface area contributed by atoms with E-state index >= 15 is 0 Å². The Morgan fingerprint density at radius 2 is 2.37 bits per heavy atom. The minimum Gasteiger partial charge on any atom is -0.389 e. The lowest BCUT2D eigenvalue weighted by Crippen LogP contribution is -2.45. The van der Waals surface area contributed by atoms with E-state index in [0.717, 1.165) is 35.4 Å². The smallest absolute Gasteiger partial charge is 0.145 e. The molecule has 1 N–H and O–H groups in total. The highest BCUT2D eigenvalue weighted by Gasteiger charge is 2.28. The molecule has 3 rings (SSSR count). The van der Waals surface area contributed by atoms with Crippen molar-refractivity contribution in [2.75, 3.05) is 13.1 Å². The van der Waals surface area contributed by atoms with E-state index in [1.165, 1.54) is 0 Å². The molecule has 1 unspecified atom stereocenters. The molecule has 4 nitrogen and oxygen atoms in total. The van der Waals surface area contributed by atoms with Crippen LogP contribution >= 0.6 is 22.9 Å². The third-order valence-electron chi connectivity index (χ3n) is 3.44. The number of piperidine rings is 1. The molecule has 1 saturated heterocycles. The van der Waals surface area contributed by atoms with Crippen LogP contribution < -0.4 is 0 Å². The van der Waals surface area contributed by atoms with Gasteiger partial charge in [-0.25, -0.2) is 9.97 Å². The maximum atomic E-state index is 10.1. The van der Waals surface area contributed by atoms with Gasteiger partial charge in [0.2, 0.25) is 0 Å². The monoisotopic (exact) mass is 297 g/mol. The normalized spacial score (nSPS) is 25.0. The second kappa shape index (κ2) is 4.98. The maximum Gasteiger partial charge on any atom is 0.145 e. The van der Waals surface area contributed by atoms with Crippen LogP contribution in [0.25, 0.3) is 10.2 Å². The molecule has 0 saturated carbocycles. The van der Waals surface area contributed by atoms with Gasteiger partial charge < -0.3 is 5.11 Å². The fourth-order valence-electron chi connectivity index (χ4n) is 2.59. The lowest BCUT2D eigenvalue weighted by molar-refractivity contribution is -0.0188. The molecule has 0 spiro atoms. The number of likely N-dealkylation sites (tertiary alicyclic amines) is 1. The minimum atomic E-state index is -0.602. The van der Waals surface area contributed by atoms with Crippen LogP contribution in [0, 0.1) is 0 Å². The van der Waals surface area contributed by atoms with Crippen LogP contribution in [0.1, 0.15) is 25.6 Å². The number of aliphatic hydroxyl groups is 1. The van der Waals surface area contributed by atoms with Crippen LogP contribution in [0.4, 0.5) is 0 Å². The van der Waals surface area contributed by atoms with E-state index < -0.39 is 5.60 Å². The number of β-amino-alcohol motifs (C(OH)–C–C–N with tert-alkyl or cyclic N) is 1. The third kappa shape index (κ3) is 2.89. The molecule has 0 amide bonds. The van der Waals surface area contributed by atoms with E-state index in [2.05, 4.69) is 14.9 Å². The Morgan fingerprint density at radius 3 is 3.16 bits per heavy atom. The first-order chi connectivity index (χ1) is 9.03. The Labute approximate surface area is 121 Å². The van der Waals surface area contributed by atoms with E-state index in [0.29, 0.717) is 18.2 Å². The number of thiophene rings is 1. The van der Waals surface area contributed by atoms with E-state index in [4.69, 9.17) is 11.6 Å². The van der Waals surface area contributed by atoms with Crippen LogP contribution in [0.3, 0.4) is 0 Å². The molecule has 0 aromatic carbocycles. The summed E-state index contributed by atoms with van der Waals surface area (Å²) in [6.07, 6.45) is 1.86. The number of fused-ring (bicyclic) bond motifs is 1. The zero-order chi connectivity index (χ0) is 13.5. The van der Waals surface area contributed by atoms with Crippen molar-refractivity contribution in [2.24, 2.45) is 0 Å². The lowest BCUT2D eigenvalue weighted by Gasteiger charge is -2.36.